The van der Waals surface area contributed by atoms with Gasteiger partial charge in [-0.2, -0.15) is 0 Å². The van der Waals surface area contributed by atoms with Crippen molar-refractivity contribution in [3.8, 4) is 0 Å². The molecular weight excluding hydrogens is 165 g/mol. The number of rotatable bonds is 2. The first-order valence-electron chi connectivity index (χ1n) is 5.30. The molecule has 13 heavy (non-hydrogen) atoms. The highest BCUT2D eigenvalue weighted by Gasteiger charge is 2.37. The van der Waals surface area contributed by atoms with Crippen molar-refractivity contribution in [2.75, 3.05) is 20.1 Å². The number of hydrogen-bond donors (Lipinski definition) is 0. The van der Waals surface area contributed by atoms with Gasteiger partial charge in [-0.1, -0.05) is 27.2 Å². The van der Waals surface area contributed by atoms with Crippen LogP contribution >= 0.6 is 0 Å². The van der Waals surface area contributed by atoms with E-state index >= 15 is 0 Å². The summed E-state index contributed by atoms with van der Waals surface area (Å²) in [5.41, 5.74) is 0.167. The maximum atomic E-state index is 13.7. The van der Waals surface area contributed by atoms with Gasteiger partial charge in [0.05, 0.1) is 0 Å². The Labute approximate surface area is 81.3 Å². The van der Waals surface area contributed by atoms with E-state index in [1.807, 2.05) is 7.05 Å². The lowest BCUT2D eigenvalue weighted by atomic mass is 9.71. The van der Waals surface area contributed by atoms with E-state index in [-0.39, 0.29) is 11.3 Å². The van der Waals surface area contributed by atoms with Crippen molar-refractivity contribution in [3.63, 3.8) is 0 Å². The second kappa shape index (κ2) is 3.95. The van der Waals surface area contributed by atoms with Gasteiger partial charge in [-0.05, 0) is 31.3 Å². The van der Waals surface area contributed by atoms with Crippen LogP contribution in [0.25, 0.3) is 0 Å². The Morgan fingerprint density at radius 3 is 2.54 bits per heavy atom. The second-order valence-electron chi connectivity index (χ2n) is 5.02. The first-order valence-corrected chi connectivity index (χ1v) is 5.30. The molecule has 0 radical (unpaired) electrons. The highest BCUT2D eigenvalue weighted by molar-refractivity contribution is 4.87. The fourth-order valence-electron chi connectivity index (χ4n) is 2.20. The van der Waals surface area contributed by atoms with Crippen LogP contribution < -0.4 is 0 Å². The lowest BCUT2D eigenvalue weighted by molar-refractivity contribution is 0.0261. The summed E-state index contributed by atoms with van der Waals surface area (Å²) >= 11 is 0. The van der Waals surface area contributed by atoms with Crippen molar-refractivity contribution in [2.45, 2.75) is 39.8 Å². The van der Waals surface area contributed by atoms with Crippen molar-refractivity contribution >= 4 is 0 Å². The van der Waals surface area contributed by atoms with Crippen molar-refractivity contribution in [2.24, 2.45) is 11.3 Å². The molecule has 0 N–H and O–H groups in total. The van der Waals surface area contributed by atoms with Gasteiger partial charge in [-0.15, -0.1) is 0 Å². The molecule has 1 rings (SSSR count). The summed E-state index contributed by atoms with van der Waals surface area (Å²) in [6, 6.07) is 0. The lowest BCUT2D eigenvalue weighted by Crippen LogP contribution is -2.45. The molecule has 0 aromatic heterocycles. The zero-order valence-electron chi connectivity index (χ0n) is 9.31. The molecule has 0 spiro atoms. The van der Waals surface area contributed by atoms with Gasteiger partial charge in [-0.25, -0.2) is 4.39 Å². The molecule has 0 unspecified atom stereocenters. The minimum Gasteiger partial charge on any atom is -0.303 e. The lowest BCUT2D eigenvalue weighted by Gasteiger charge is -2.41. The molecular formula is C11H22FN. The van der Waals surface area contributed by atoms with Crippen LogP contribution in [-0.4, -0.2) is 31.2 Å². The summed E-state index contributed by atoms with van der Waals surface area (Å²) in [7, 11) is 2.00. The maximum Gasteiger partial charge on any atom is 0.116 e. The molecule has 2 heteroatoms. The normalized spacial score (nSPS) is 32.1. The molecule has 0 aliphatic carbocycles. The number of hydrogen-bond acceptors (Lipinski definition) is 1. The van der Waals surface area contributed by atoms with Gasteiger partial charge in [0.15, 0.2) is 0 Å². The van der Waals surface area contributed by atoms with E-state index in [4.69, 9.17) is 0 Å². The Morgan fingerprint density at radius 1 is 1.46 bits per heavy atom. The van der Waals surface area contributed by atoms with Crippen LogP contribution in [0, 0.1) is 11.3 Å². The highest BCUT2D eigenvalue weighted by atomic mass is 19.1. The van der Waals surface area contributed by atoms with Gasteiger partial charge in [-0.3, -0.25) is 0 Å². The van der Waals surface area contributed by atoms with E-state index in [2.05, 4.69) is 25.7 Å². The first-order chi connectivity index (χ1) is 5.97. The van der Waals surface area contributed by atoms with Gasteiger partial charge in [0, 0.05) is 6.54 Å². The average molecular weight is 187 g/mol. The first kappa shape index (κ1) is 11.0. The van der Waals surface area contributed by atoms with Gasteiger partial charge in [0.25, 0.3) is 0 Å². The minimum absolute atomic E-state index is 0.167. The Bertz CT molecular complexity index is 167. The van der Waals surface area contributed by atoms with Crippen LogP contribution in [0.1, 0.15) is 33.6 Å². The Balaban J connectivity index is 2.60. The van der Waals surface area contributed by atoms with Crippen LogP contribution in [0.5, 0.6) is 0 Å². The molecule has 1 aliphatic rings. The predicted octanol–water partition coefficient (Wildman–Crippen LogP) is 2.71. The fourth-order valence-corrected chi connectivity index (χ4v) is 2.20. The average Bonchev–Trinajstić information content (AvgIpc) is 2.03. The molecule has 0 aromatic rings. The third kappa shape index (κ3) is 2.43. The summed E-state index contributed by atoms with van der Waals surface area (Å²) in [5.74, 6) is 0.258. The largest absolute Gasteiger partial charge is 0.303 e. The van der Waals surface area contributed by atoms with Crippen LogP contribution in [0.3, 0.4) is 0 Å². The van der Waals surface area contributed by atoms with Crippen LogP contribution in [-0.2, 0) is 0 Å². The monoisotopic (exact) mass is 187 g/mol. The van der Waals surface area contributed by atoms with Crippen molar-refractivity contribution < 1.29 is 4.39 Å². The summed E-state index contributed by atoms with van der Waals surface area (Å²) in [5, 5.41) is 0. The highest BCUT2D eigenvalue weighted by Crippen LogP contribution is 2.38. The summed E-state index contributed by atoms with van der Waals surface area (Å²) < 4.78 is 13.7. The molecule has 0 saturated carbocycles. The third-order valence-corrected chi connectivity index (χ3v) is 3.66. The zero-order valence-corrected chi connectivity index (χ0v) is 9.31. The molecule has 1 saturated heterocycles. The molecule has 0 amide bonds. The molecule has 1 fully saturated rings. The molecule has 0 aromatic carbocycles. The van der Waals surface area contributed by atoms with E-state index in [9.17, 15) is 4.39 Å². The predicted molar refractivity (Wildman–Crippen MR) is 54.6 cm³/mol. The van der Waals surface area contributed by atoms with Gasteiger partial charge >= 0.3 is 0 Å². The SMILES string of the molecule is CCC(C)(C)[C@H]1CCN(C)C[C@H]1F. The minimum atomic E-state index is -0.631. The van der Waals surface area contributed by atoms with Crippen molar-refractivity contribution in [3.05, 3.63) is 0 Å². The standard InChI is InChI=1S/C11H22FN/c1-5-11(2,3)9-6-7-13(4)8-10(9)12/h9-10H,5-8H2,1-4H3/t9-,10+/m0/s1. The fraction of sp³-hybridized carbons (Fsp3) is 1.00. The zero-order chi connectivity index (χ0) is 10.1. The smallest absolute Gasteiger partial charge is 0.116 e. The number of likely N-dealkylation sites (tertiary alicyclic amines) is 1. The van der Waals surface area contributed by atoms with E-state index in [1.165, 1.54) is 0 Å². The van der Waals surface area contributed by atoms with E-state index in [1.54, 1.807) is 0 Å². The Kier molecular flexibility index (Phi) is 3.33. The van der Waals surface area contributed by atoms with E-state index < -0.39 is 6.17 Å². The van der Waals surface area contributed by atoms with E-state index in [0.29, 0.717) is 6.54 Å². The Morgan fingerprint density at radius 2 is 2.08 bits per heavy atom. The summed E-state index contributed by atoms with van der Waals surface area (Å²) in [6.07, 6.45) is 1.45. The topological polar surface area (TPSA) is 3.24 Å². The molecule has 2 atom stereocenters. The maximum absolute atomic E-state index is 13.7. The number of alkyl halides is 1. The van der Waals surface area contributed by atoms with Crippen LogP contribution in [0.2, 0.25) is 0 Å². The van der Waals surface area contributed by atoms with E-state index in [0.717, 1.165) is 19.4 Å². The van der Waals surface area contributed by atoms with Gasteiger partial charge in [0.1, 0.15) is 6.17 Å². The van der Waals surface area contributed by atoms with Crippen LogP contribution in [0.15, 0.2) is 0 Å². The quantitative estimate of drug-likeness (QED) is 0.642. The Hall–Kier alpha value is -0.110. The second-order valence-corrected chi connectivity index (χ2v) is 5.02. The number of piperidine rings is 1. The van der Waals surface area contributed by atoms with Crippen LogP contribution in [0.4, 0.5) is 4.39 Å². The number of halogens is 1. The molecule has 0 bridgehead atoms. The summed E-state index contributed by atoms with van der Waals surface area (Å²) in [4.78, 5) is 2.09. The van der Waals surface area contributed by atoms with Gasteiger partial charge < -0.3 is 4.90 Å². The molecule has 1 nitrogen and oxygen atoms in total. The molecule has 78 valence electrons. The van der Waals surface area contributed by atoms with Gasteiger partial charge in [0.2, 0.25) is 0 Å². The van der Waals surface area contributed by atoms with Crippen molar-refractivity contribution in [1.82, 2.24) is 4.90 Å². The molecule has 1 aliphatic heterocycles. The van der Waals surface area contributed by atoms with Crippen molar-refractivity contribution in [1.29, 1.82) is 0 Å². The molecule has 1 heterocycles. The number of nitrogens with zero attached hydrogens (tertiary/aromatic N) is 1. The third-order valence-electron chi connectivity index (χ3n) is 3.66. The summed E-state index contributed by atoms with van der Waals surface area (Å²) in [6.45, 7) is 8.21.